The fourth-order valence-electron chi connectivity index (χ4n) is 8.51. The molecule has 0 N–H and O–H groups in total. The largest absolute Gasteiger partial charge is 0.490 e. The summed E-state index contributed by atoms with van der Waals surface area (Å²) >= 11 is 0. The number of ether oxygens (including phenoxy) is 2. The van der Waals surface area contributed by atoms with Crippen LogP contribution in [0.1, 0.15) is 124 Å². The molecule has 3 heteroatoms. The van der Waals surface area contributed by atoms with Gasteiger partial charge in [0.2, 0.25) is 0 Å². The molecule has 0 atom stereocenters. The molecule has 3 aliphatic rings. The van der Waals surface area contributed by atoms with Crippen molar-refractivity contribution in [3.63, 3.8) is 0 Å². The molecule has 0 radical (unpaired) electrons. The summed E-state index contributed by atoms with van der Waals surface area (Å²) in [5, 5.41) is 1.74. The second kappa shape index (κ2) is 13.4. The zero-order valence-electron chi connectivity index (χ0n) is 25.3. The normalized spacial score (nSPS) is 20.5. The van der Waals surface area contributed by atoms with E-state index in [4.69, 9.17) is 9.47 Å². The van der Waals surface area contributed by atoms with Gasteiger partial charge in [0.15, 0.2) is 0 Å². The summed E-state index contributed by atoms with van der Waals surface area (Å²) in [5.41, 5.74) is 5.32. The van der Waals surface area contributed by atoms with Crippen molar-refractivity contribution in [3.8, 4) is 22.6 Å². The molecule has 3 aliphatic carbocycles. The van der Waals surface area contributed by atoms with Gasteiger partial charge in [-0.15, -0.1) is 0 Å². The van der Waals surface area contributed by atoms with Gasteiger partial charge in [-0.2, -0.15) is 0 Å². The first-order valence-corrected chi connectivity index (χ1v) is 18.5. The van der Waals surface area contributed by atoms with Gasteiger partial charge in [-0.05, 0) is 123 Å². The molecule has 0 unspecified atom stereocenters. The van der Waals surface area contributed by atoms with Crippen LogP contribution < -0.4 is 14.8 Å². The molecule has 214 valence electrons. The summed E-state index contributed by atoms with van der Waals surface area (Å²) in [5.74, 6) is 1.98. The Hall–Kier alpha value is -1.53. The van der Waals surface area contributed by atoms with E-state index in [0.29, 0.717) is 0 Å². The Morgan fingerprint density at radius 2 is 0.949 bits per heavy atom. The first-order valence-electron chi connectivity index (χ1n) is 16.5. The van der Waals surface area contributed by atoms with E-state index in [1.807, 2.05) is 0 Å². The Kier molecular flexibility index (Phi) is 9.97. The Morgan fingerprint density at radius 3 is 1.36 bits per heavy atom. The van der Waals surface area contributed by atoms with E-state index < -0.39 is 7.26 Å². The highest BCUT2D eigenvalue weighted by molar-refractivity contribution is 7.85. The standard InChI is InChI=1S/C36H54O2P/c1-27(2)37-33-24-16-25-34(38-28(3)4)36(33)32-23-14-15-26-35(32)39(29-17-8-5-9-18-29,30-19-10-6-11-20-30)31-21-12-7-13-22-31/h14-16,23-31H,5-13,17-22H2,1-4H3/q+1. The maximum absolute atomic E-state index is 6.56. The molecule has 0 heterocycles. The van der Waals surface area contributed by atoms with Gasteiger partial charge in [0.05, 0.1) is 42.0 Å². The van der Waals surface area contributed by atoms with Gasteiger partial charge in [-0.3, -0.25) is 0 Å². The summed E-state index contributed by atoms with van der Waals surface area (Å²) in [6.45, 7) is 8.59. The van der Waals surface area contributed by atoms with Gasteiger partial charge in [-0.1, -0.05) is 43.5 Å². The van der Waals surface area contributed by atoms with E-state index in [-0.39, 0.29) is 12.2 Å². The predicted octanol–water partition coefficient (Wildman–Crippen LogP) is 10.6. The molecule has 0 saturated heterocycles. The average molecular weight is 550 g/mol. The Balaban J connectivity index is 1.77. The SMILES string of the molecule is CC(C)Oc1cccc(OC(C)C)c1-c1ccccc1[P+](C1CCCCC1)(C1CCCCC1)C1CCCCC1. The highest BCUT2D eigenvalue weighted by Gasteiger charge is 2.59. The van der Waals surface area contributed by atoms with Gasteiger partial charge in [-0.25, -0.2) is 0 Å². The highest BCUT2D eigenvalue weighted by atomic mass is 31.2. The lowest BCUT2D eigenvalue weighted by Gasteiger charge is -2.49. The van der Waals surface area contributed by atoms with Gasteiger partial charge >= 0.3 is 0 Å². The van der Waals surface area contributed by atoms with Gasteiger partial charge in [0.25, 0.3) is 0 Å². The van der Waals surface area contributed by atoms with Crippen molar-refractivity contribution in [3.05, 3.63) is 42.5 Å². The fourth-order valence-corrected chi connectivity index (χ4v) is 16.1. The minimum atomic E-state index is -1.50. The van der Waals surface area contributed by atoms with Crippen LogP contribution in [-0.4, -0.2) is 29.2 Å². The van der Waals surface area contributed by atoms with E-state index in [2.05, 4.69) is 70.2 Å². The van der Waals surface area contributed by atoms with Crippen LogP contribution in [0.2, 0.25) is 0 Å². The molecular weight excluding hydrogens is 495 g/mol. The third kappa shape index (κ3) is 6.22. The summed E-state index contributed by atoms with van der Waals surface area (Å²) in [7, 11) is -1.50. The molecule has 2 aromatic carbocycles. The molecule has 39 heavy (non-hydrogen) atoms. The Labute approximate surface area is 240 Å². The molecule has 0 bridgehead atoms. The van der Waals surface area contributed by atoms with Crippen LogP contribution in [0.5, 0.6) is 11.5 Å². The molecule has 3 saturated carbocycles. The van der Waals surface area contributed by atoms with Crippen LogP contribution in [0.15, 0.2) is 42.5 Å². The van der Waals surface area contributed by atoms with Crippen molar-refractivity contribution < 1.29 is 9.47 Å². The molecule has 0 spiro atoms. The Morgan fingerprint density at radius 1 is 0.538 bits per heavy atom. The lowest BCUT2D eigenvalue weighted by Crippen LogP contribution is -2.42. The van der Waals surface area contributed by atoms with Gasteiger partial charge in [0, 0.05) is 5.56 Å². The van der Waals surface area contributed by atoms with Crippen LogP contribution in [0, 0.1) is 0 Å². The van der Waals surface area contributed by atoms with Crippen LogP contribution in [0.4, 0.5) is 0 Å². The maximum atomic E-state index is 6.56. The second-order valence-corrected chi connectivity index (χ2v) is 17.5. The van der Waals surface area contributed by atoms with E-state index >= 15 is 0 Å². The van der Waals surface area contributed by atoms with Crippen LogP contribution in [0.25, 0.3) is 11.1 Å². The number of benzene rings is 2. The zero-order valence-corrected chi connectivity index (χ0v) is 26.2. The first-order chi connectivity index (χ1) is 19.0. The Bertz CT molecular complexity index is 968. The number of rotatable bonds is 9. The van der Waals surface area contributed by atoms with Crippen molar-refractivity contribution in [1.29, 1.82) is 0 Å². The number of hydrogen-bond donors (Lipinski definition) is 0. The molecule has 2 aromatic rings. The smallest absolute Gasteiger partial charge is 0.131 e. The van der Waals surface area contributed by atoms with Crippen molar-refractivity contribution in [2.75, 3.05) is 0 Å². The maximum Gasteiger partial charge on any atom is 0.131 e. The monoisotopic (exact) mass is 549 g/mol. The molecule has 5 rings (SSSR count). The zero-order chi connectivity index (χ0) is 27.2. The molecule has 0 amide bonds. The summed E-state index contributed by atoms with van der Waals surface area (Å²) in [6, 6.07) is 16.2. The van der Waals surface area contributed by atoms with Crippen molar-refractivity contribution in [1.82, 2.24) is 0 Å². The van der Waals surface area contributed by atoms with Crippen molar-refractivity contribution in [2.24, 2.45) is 0 Å². The number of hydrogen-bond acceptors (Lipinski definition) is 2. The predicted molar refractivity (Wildman–Crippen MR) is 171 cm³/mol. The van der Waals surface area contributed by atoms with E-state index in [1.165, 1.54) is 107 Å². The second-order valence-electron chi connectivity index (χ2n) is 13.2. The molecular formula is C36H54O2P+. The lowest BCUT2D eigenvalue weighted by molar-refractivity contribution is 0.231. The van der Waals surface area contributed by atoms with Crippen molar-refractivity contribution in [2.45, 2.75) is 153 Å². The molecule has 3 fully saturated rings. The van der Waals surface area contributed by atoms with Gasteiger partial charge in [0.1, 0.15) is 16.8 Å². The van der Waals surface area contributed by atoms with Crippen molar-refractivity contribution >= 4 is 12.6 Å². The molecule has 0 aromatic heterocycles. The van der Waals surface area contributed by atoms with E-state index in [0.717, 1.165) is 28.5 Å². The average Bonchev–Trinajstić information content (AvgIpc) is 2.95. The minimum absolute atomic E-state index is 0.125. The third-order valence-corrected chi connectivity index (χ3v) is 16.2. The van der Waals surface area contributed by atoms with Crippen LogP contribution in [-0.2, 0) is 0 Å². The van der Waals surface area contributed by atoms with Crippen LogP contribution >= 0.6 is 7.26 Å². The molecule has 2 nitrogen and oxygen atoms in total. The molecule has 0 aliphatic heterocycles. The third-order valence-electron chi connectivity index (χ3n) is 9.84. The van der Waals surface area contributed by atoms with E-state index in [1.54, 1.807) is 5.30 Å². The van der Waals surface area contributed by atoms with Crippen LogP contribution in [0.3, 0.4) is 0 Å². The first kappa shape index (κ1) is 29.0. The highest BCUT2D eigenvalue weighted by Crippen LogP contribution is 2.77. The summed E-state index contributed by atoms with van der Waals surface area (Å²) in [6.07, 6.45) is 21.9. The summed E-state index contributed by atoms with van der Waals surface area (Å²) < 4.78 is 13.1. The topological polar surface area (TPSA) is 18.5 Å². The quantitative estimate of drug-likeness (QED) is 0.290. The van der Waals surface area contributed by atoms with Gasteiger partial charge < -0.3 is 9.47 Å². The fraction of sp³-hybridized carbons (Fsp3) is 0.667. The lowest BCUT2D eigenvalue weighted by atomic mass is 9.98. The summed E-state index contributed by atoms with van der Waals surface area (Å²) in [4.78, 5) is 0. The minimum Gasteiger partial charge on any atom is -0.490 e. The van der Waals surface area contributed by atoms with E-state index in [9.17, 15) is 0 Å².